The van der Waals surface area contributed by atoms with Crippen molar-refractivity contribution in [3.05, 3.63) is 89.4 Å². The highest BCUT2D eigenvalue weighted by molar-refractivity contribution is 5.91. The fraction of sp³-hybridized carbons (Fsp3) is 0.346. The molecule has 0 saturated heterocycles. The monoisotopic (exact) mass is 421 g/mol. The molecule has 5 nitrogen and oxygen atoms in total. The number of rotatable bonds is 11. The van der Waals surface area contributed by atoms with E-state index in [0.29, 0.717) is 25.5 Å². The third kappa shape index (κ3) is 6.22. The van der Waals surface area contributed by atoms with Gasteiger partial charge in [-0.05, 0) is 48.7 Å². The van der Waals surface area contributed by atoms with Crippen molar-refractivity contribution >= 4 is 5.91 Å². The number of benzene rings is 2. The summed E-state index contributed by atoms with van der Waals surface area (Å²) in [6.07, 6.45) is 0.771. The minimum atomic E-state index is -0.227. The summed E-state index contributed by atoms with van der Waals surface area (Å²) >= 11 is 0. The normalized spacial score (nSPS) is 11.3. The summed E-state index contributed by atoms with van der Waals surface area (Å²) in [5.74, 6) is 1.42. The SMILES string of the molecule is CCOCCCNC(=O)c1ccc(COc2ccc(C(C)(C)c3ccccc3)cc2)o1. The largest absolute Gasteiger partial charge is 0.486 e. The zero-order valence-corrected chi connectivity index (χ0v) is 18.5. The maximum atomic E-state index is 12.1. The topological polar surface area (TPSA) is 60.7 Å². The highest BCUT2D eigenvalue weighted by atomic mass is 16.5. The van der Waals surface area contributed by atoms with Crippen molar-refractivity contribution in [1.29, 1.82) is 0 Å². The molecule has 0 aliphatic heterocycles. The predicted molar refractivity (Wildman–Crippen MR) is 121 cm³/mol. The van der Waals surface area contributed by atoms with E-state index in [1.54, 1.807) is 12.1 Å². The van der Waals surface area contributed by atoms with Crippen LogP contribution in [0.5, 0.6) is 5.75 Å². The van der Waals surface area contributed by atoms with E-state index in [1.165, 1.54) is 11.1 Å². The maximum Gasteiger partial charge on any atom is 0.286 e. The molecule has 2 aromatic carbocycles. The van der Waals surface area contributed by atoms with Gasteiger partial charge in [0.25, 0.3) is 5.91 Å². The zero-order valence-electron chi connectivity index (χ0n) is 18.5. The van der Waals surface area contributed by atoms with E-state index in [1.807, 2.05) is 25.1 Å². The van der Waals surface area contributed by atoms with Gasteiger partial charge in [0.1, 0.15) is 18.1 Å². The average Bonchev–Trinajstić information content (AvgIpc) is 3.27. The molecule has 0 radical (unpaired) electrons. The van der Waals surface area contributed by atoms with Crippen LogP contribution < -0.4 is 10.1 Å². The van der Waals surface area contributed by atoms with Crippen LogP contribution in [0.1, 0.15) is 54.6 Å². The minimum absolute atomic E-state index is 0.0915. The van der Waals surface area contributed by atoms with Crippen molar-refractivity contribution in [2.45, 2.75) is 39.2 Å². The van der Waals surface area contributed by atoms with Gasteiger partial charge in [0.05, 0.1) is 0 Å². The molecule has 0 aliphatic rings. The lowest BCUT2D eigenvalue weighted by molar-refractivity contribution is 0.0913. The third-order valence-electron chi connectivity index (χ3n) is 5.29. The van der Waals surface area contributed by atoms with Crippen molar-refractivity contribution in [2.24, 2.45) is 0 Å². The standard InChI is InChI=1S/C26H31NO4/c1-4-29-18-8-17-27-25(28)24-16-15-23(31-24)19-30-22-13-11-21(12-14-22)26(2,3)20-9-6-5-7-10-20/h5-7,9-16H,4,8,17-19H2,1-3H3,(H,27,28). The second-order valence-electron chi connectivity index (χ2n) is 7.88. The van der Waals surface area contributed by atoms with Gasteiger partial charge < -0.3 is 19.2 Å². The van der Waals surface area contributed by atoms with Crippen molar-refractivity contribution in [3.63, 3.8) is 0 Å². The van der Waals surface area contributed by atoms with Gasteiger partial charge in [0.2, 0.25) is 0 Å². The van der Waals surface area contributed by atoms with E-state index in [0.717, 1.165) is 12.2 Å². The first kappa shape index (κ1) is 22.6. The van der Waals surface area contributed by atoms with Gasteiger partial charge in [-0.15, -0.1) is 0 Å². The lowest BCUT2D eigenvalue weighted by Gasteiger charge is -2.26. The zero-order chi connectivity index (χ0) is 22.1. The Morgan fingerprint density at radius 3 is 2.39 bits per heavy atom. The molecule has 1 heterocycles. The molecule has 5 heteroatoms. The van der Waals surface area contributed by atoms with Crippen LogP contribution in [0.25, 0.3) is 0 Å². The Balaban J connectivity index is 1.51. The van der Waals surface area contributed by atoms with Gasteiger partial charge >= 0.3 is 0 Å². The molecule has 31 heavy (non-hydrogen) atoms. The number of hydrogen-bond donors (Lipinski definition) is 1. The molecule has 0 bridgehead atoms. The lowest BCUT2D eigenvalue weighted by Crippen LogP contribution is -2.24. The van der Waals surface area contributed by atoms with Crippen LogP contribution in [0.2, 0.25) is 0 Å². The molecule has 0 fully saturated rings. The summed E-state index contributed by atoms with van der Waals surface area (Å²) < 4.78 is 16.7. The van der Waals surface area contributed by atoms with Crippen LogP contribution in [0, 0.1) is 0 Å². The number of hydrogen-bond acceptors (Lipinski definition) is 4. The number of nitrogens with one attached hydrogen (secondary N) is 1. The molecule has 3 aromatic rings. The summed E-state index contributed by atoms with van der Waals surface area (Å²) in [4.78, 5) is 12.1. The van der Waals surface area contributed by atoms with Crippen molar-refractivity contribution in [2.75, 3.05) is 19.8 Å². The molecule has 0 spiro atoms. The Morgan fingerprint density at radius 2 is 1.68 bits per heavy atom. The van der Waals surface area contributed by atoms with Crippen molar-refractivity contribution in [3.8, 4) is 5.75 Å². The highest BCUT2D eigenvalue weighted by Gasteiger charge is 2.22. The number of ether oxygens (including phenoxy) is 2. The quantitative estimate of drug-likeness (QED) is 0.425. The Hall–Kier alpha value is -3.05. The number of amides is 1. The molecule has 164 valence electrons. The van der Waals surface area contributed by atoms with Crippen molar-refractivity contribution < 1.29 is 18.7 Å². The maximum absolute atomic E-state index is 12.1. The van der Waals surface area contributed by atoms with Gasteiger partial charge in [-0.1, -0.05) is 56.3 Å². The molecule has 0 saturated carbocycles. The molecule has 0 atom stereocenters. The number of carbonyl (C=O) groups excluding carboxylic acids is 1. The molecule has 1 aromatic heterocycles. The van der Waals surface area contributed by atoms with Gasteiger partial charge in [0, 0.05) is 25.2 Å². The summed E-state index contributed by atoms with van der Waals surface area (Å²) in [7, 11) is 0. The first-order valence-electron chi connectivity index (χ1n) is 10.7. The second kappa shape index (κ2) is 10.8. The Labute approximate surface area is 184 Å². The van der Waals surface area contributed by atoms with Gasteiger partial charge in [-0.2, -0.15) is 0 Å². The highest BCUT2D eigenvalue weighted by Crippen LogP contribution is 2.32. The summed E-state index contributed by atoms with van der Waals surface area (Å²) in [6, 6.07) is 22.0. The Bertz CT molecular complexity index is 945. The van der Waals surface area contributed by atoms with E-state index >= 15 is 0 Å². The average molecular weight is 422 g/mol. The molecule has 1 amide bonds. The molecular formula is C26H31NO4. The van der Waals surface area contributed by atoms with E-state index in [4.69, 9.17) is 13.9 Å². The fourth-order valence-corrected chi connectivity index (χ4v) is 3.33. The second-order valence-corrected chi connectivity index (χ2v) is 7.88. The molecule has 3 rings (SSSR count). The van der Waals surface area contributed by atoms with Gasteiger partial charge in [-0.3, -0.25) is 4.79 Å². The lowest BCUT2D eigenvalue weighted by atomic mass is 9.78. The van der Waals surface area contributed by atoms with Crippen LogP contribution in [0.15, 0.2) is 71.1 Å². The Morgan fingerprint density at radius 1 is 0.968 bits per heavy atom. The van der Waals surface area contributed by atoms with Gasteiger partial charge in [0.15, 0.2) is 5.76 Å². The van der Waals surface area contributed by atoms with Crippen LogP contribution in [0.3, 0.4) is 0 Å². The van der Waals surface area contributed by atoms with E-state index in [-0.39, 0.29) is 23.7 Å². The summed E-state index contributed by atoms with van der Waals surface area (Å²) in [5, 5.41) is 2.83. The smallest absolute Gasteiger partial charge is 0.286 e. The number of furan rings is 1. The first-order valence-corrected chi connectivity index (χ1v) is 10.7. The van der Waals surface area contributed by atoms with Crippen LogP contribution in [-0.2, 0) is 16.8 Å². The fourth-order valence-electron chi connectivity index (χ4n) is 3.33. The van der Waals surface area contributed by atoms with Crippen LogP contribution >= 0.6 is 0 Å². The molecule has 0 aliphatic carbocycles. The van der Waals surface area contributed by atoms with E-state index < -0.39 is 0 Å². The van der Waals surface area contributed by atoms with Gasteiger partial charge in [-0.25, -0.2) is 0 Å². The van der Waals surface area contributed by atoms with Crippen molar-refractivity contribution in [1.82, 2.24) is 5.32 Å². The molecule has 1 N–H and O–H groups in total. The van der Waals surface area contributed by atoms with E-state index in [2.05, 4.69) is 55.6 Å². The number of carbonyl (C=O) groups is 1. The predicted octanol–water partition coefficient (Wildman–Crippen LogP) is 5.34. The van der Waals surface area contributed by atoms with Crippen LogP contribution in [-0.4, -0.2) is 25.7 Å². The summed E-state index contributed by atoms with van der Waals surface area (Å²) in [6.45, 7) is 8.51. The Kier molecular flexibility index (Phi) is 7.90. The van der Waals surface area contributed by atoms with Crippen LogP contribution in [0.4, 0.5) is 0 Å². The minimum Gasteiger partial charge on any atom is -0.486 e. The third-order valence-corrected chi connectivity index (χ3v) is 5.29. The van der Waals surface area contributed by atoms with E-state index in [9.17, 15) is 4.79 Å². The molecule has 0 unspecified atom stereocenters. The first-order chi connectivity index (χ1) is 15.0. The summed E-state index contributed by atoms with van der Waals surface area (Å²) in [5.41, 5.74) is 2.39. The molecular weight excluding hydrogens is 390 g/mol.